The number of hydrogen-bond acceptors (Lipinski definition) is 4. The van der Waals surface area contributed by atoms with E-state index >= 15 is 0 Å². The second-order valence-electron chi connectivity index (χ2n) is 3.41. The lowest BCUT2D eigenvalue weighted by atomic mass is 10.3. The molecular formula is C11H9BrN2O2S. The smallest absolute Gasteiger partial charge is 0.266 e. The van der Waals surface area contributed by atoms with Gasteiger partial charge in [-0.1, -0.05) is 11.8 Å². The Morgan fingerprint density at radius 2 is 2.24 bits per heavy atom. The van der Waals surface area contributed by atoms with Crippen LogP contribution in [0, 0.1) is 6.92 Å². The zero-order valence-corrected chi connectivity index (χ0v) is 11.3. The molecule has 0 bridgehead atoms. The van der Waals surface area contributed by atoms with Crippen molar-refractivity contribution >= 4 is 27.7 Å². The van der Waals surface area contributed by atoms with Crippen LogP contribution in [-0.4, -0.2) is 15.1 Å². The fraction of sp³-hybridized carbons (Fsp3) is 0.0909. The molecule has 17 heavy (non-hydrogen) atoms. The summed E-state index contributed by atoms with van der Waals surface area (Å²) in [6.07, 6.45) is 1.64. The molecule has 6 heteroatoms. The Balaban J connectivity index is 2.36. The Kier molecular flexibility index (Phi) is 3.54. The third kappa shape index (κ3) is 2.89. The predicted molar refractivity (Wildman–Crippen MR) is 69.5 cm³/mol. The number of halogens is 1. The first-order valence-electron chi connectivity index (χ1n) is 4.78. The first kappa shape index (κ1) is 12.2. The summed E-state index contributed by atoms with van der Waals surface area (Å²) < 4.78 is 0.865. The summed E-state index contributed by atoms with van der Waals surface area (Å²) in [5.74, 6) is -0.0269. The average Bonchev–Trinajstić information content (AvgIpc) is 2.26. The van der Waals surface area contributed by atoms with Crippen molar-refractivity contribution in [3.63, 3.8) is 0 Å². The van der Waals surface area contributed by atoms with Crippen LogP contribution in [0.1, 0.15) is 5.69 Å². The van der Waals surface area contributed by atoms with Gasteiger partial charge in [-0.25, -0.2) is 4.98 Å². The van der Waals surface area contributed by atoms with E-state index in [4.69, 9.17) is 0 Å². The van der Waals surface area contributed by atoms with Crippen LogP contribution in [0.2, 0.25) is 0 Å². The largest absolute Gasteiger partial charge is 0.506 e. The monoisotopic (exact) mass is 312 g/mol. The van der Waals surface area contributed by atoms with Crippen LogP contribution in [0.15, 0.2) is 43.6 Å². The van der Waals surface area contributed by atoms with Crippen LogP contribution in [0.25, 0.3) is 0 Å². The van der Waals surface area contributed by atoms with Gasteiger partial charge in [-0.2, -0.15) is 0 Å². The van der Waals surface area contributed by atoms with Crippen LogP contribution >= 0.6 is 27.7 Å². The summed E-state index contributed by atoms with van der Waals surface area (Å²) >= 11 is 4.41. The highest BCUT2D eigenvalue weighted by molar-refractivity contribution is 9.10. The molecule has 0 saturated heterocycles. The molecule has 88 valence electrons. The molecular weight excluding hydrogens is 304 g/mol. The van der Waals surface area contributed by atoms with Crippen molar-refractivity contribution < 1.29 is 5.11 Å². The lowest BCUT2D eigenvalue weighted by Crippen LogP contribution is -2.09. The lowest BCUT2D eigenvalue weighted by molar-refractivity contribution is 0.459. The number of nitrogens with one attached hydrogen (secondary N) is 1. The van der Waals surface area contributed by atoms with Gasteiger partial charge in [0.1, 0.15) is 15.7 Å². The minimum atomic E-state index is -0.308. The molecule has 2 aromatic rings. The van der Waals surface area contributed by atoms with E-state index in [2.05, 4.69) is 25.9 Å². The van der Waals surface area contributed by atoms with Gasteiger partial charge in [0, 0.05) is 22.4 Å². The van der Waals surface area contributed by atoms with Gasteiger partial charge < -0.3 is 10.1 Å². The van der Waals surface area contributed by atoms with E-state index in [-0.39, 0.29) is 16.2 Å². The maximum atomic E-state index is 11.7. The van der Waals surface area contributed by atoms with E-state index in [0.717, 1.165) is 16.2 Å². The zero-order chi connectivity index (χ0) is 12.4. The van der Waals surface area contributed by atoms with Crippen LogP contribution in [-0.2, 0) is 0 Å². The van der Waals surface area contributed by atoms with E-state index in [0.29, 0.717) is 10.7 Å². The molecule has 2 aromatic heterocycles. The minimum absolute atomic E-state index is 0.0269. The molecule has 0 saturated carbocycles. The molecule has 0 unspecified atom stereocenters. The summed E-state index contributed by atoms with van der Waals surface area (Å²) in [7, 11) is 0. The second-order valence-corrected chi connectivity index (χ2v) is 5.36. The Bertz CT molecular complexity index is 595. The molecule has 0 radical (unpaired) electrons. The second kappa shape index (κ2) is 4.93. The summed E-state index contributed by atoms with van der Waals surface area (Å²) in [5, 5.41) is 10.4. The van der Waals surface area contributed by atoms with Gasteiger partial charge in [-0.15, -0.1) is 0 Å². The third-order valence-corrected chi connectivity index (χ3v) is 3.53. The molecule has 4 nitrogen and oxygen atoms in total. The maximum Gasteiger partial charge on any atom is 0.266 e. The number of aryl methyl sites for hydroxylation is 1. The first-order chi connectivity index (χ1) is 8.06. The number of rotatable bonds is 2. The van der Waals surface area contributed by atoms with Crippen molar-refractivity contribution in [1.82, 2.24) is 9.97 Å². The summed E-state index contributed by atoms with van der Waals surface area (Å²) in [4.78, 5) is 18.7. The highest BCUT2D eigenvalue weighted by Crippen LogP contribution is 2.30. The van der Waals surface area contributed by atoms with Crippen molar-refractivity contribution in [2.24, 2.45) is 0 Å². The van der Waals surface area contributed by atoms with E-state index in [1.165, 1.54) is 6.07 Å². The number of H-pyrrole nitrogens is 1. The number of aromatic nitrogens is 2. The predicted octanol–water partition coefficient (Wildman–Crippen LogP) is 2.70. The summed E-state index contributed by atoms with van der Waals surface area (Å²) in [5.41, 5.74) is 0.317. The number of aromatic amines is 1. The lowest BCUT2D eigenvalue weighted by Gasteiger charge is -2.03. The van der Waals surface area contributed by atoms with Gasteiger partial charge in [0.2, 0.25) is 0 Å². The zero-order valence-electron chi connectivity index (χ0n) is 8.90. The van der Waals surface area contributed by atoms with Gasteiger partial charge in [0.25, 0.3) is 5.56 Å². The normalized spacial score (nSPS) is 10.5. The summed E-state index contributed by atoms with van der Waals surface area (Å²) in [6, 6.07) is 5.12. The van der Waals surface area contributed by atoms with Crippen molar-refractivity contribution in [3.05, 3.63) is 44.9 Å². The van der Waals surface area contributed by atoms with Gasteiger partial charge in [-0.05, 0) is 35.0 Å². The highest BCUT2D eigenvalue weighted by Gasteiger charge is 2.10. The number of aromatic hydroxyl groups is 1. The molecule has 0 aliphatic rings. The van der Waals surface area contributed by atoms with Crippen molar-refractivity contribution in [2.75, 3.05) is 0 Å². The molecule has 0 amide bonds. The van der Waals surface area contributed by atoms with Gasteiger partial charge in [-0.3, -0.25) is 4.79 Å². The first-order valence-corrected chi connectivity index (χ1v) is 6.39. The molecule has 2 rings (SSSR count). The number of hydrogen-bond donors (Lipinski definition) is 2. The number of pyridine rings is 2. The van der Waals surface area contributed by atoms with Gasteiger partial charge in [0.15, 0.2) is 0 Å². The maximum absolute atomic E-state index is 11.7. The Labute approximate surface area is 110 Å². The van der Waals surface area contributed by atoms with Crippen LogP contribution in [0.3, 0.4) is 0 Å². The SMILES string of the molecule is Cc1cc(O)c(Sc2ccc(Br)cn2)c(=O)[nH]1. The molecule has 2 heterocycles. The van der Waals surface area contributed by atoms with E-state index in [9.17, 15) is 9.90 Å². The van der Waals surface area contributed by atoms with Crippen molar-refractivity contribution in [1.29, 1.82) is 0 Å². The van der Waals surface area contributed by atoms with Crippen LogP contribution < -0.4 is 5.56 Å². The topological polar surface area (TPSA) is 66.0 Å². The van der Waals surface area contributed by atoms with Crippen LogP contribution in [0.5, 0.6) is 5.75 Å². The molecule has 0 fully saturated rings. The van der Waals surface area contributed by atoms with Crippen LogP contribution in [0.4, 0.5) is 0 Å². The van der Waals surface area contributed by atoms with Crippen molar-refractivity contribution in [3.8, 4) is 5.75 Å². The molecule has 0 aliphatic carbocycles. The Morgan fingerprint density at radius 3 is 2.82 bits per heavy atom. The number of nitrogens with zero attached hydrogens (tertiary/aromatic N) is 1. The van der Waals surface area contributed by atoms with Gasteiger partial charge >= 0.3 is 0 Å². The fourth-order valence-corrected chi connectivity index (χ4v) is 2.28. The Morgan fingerprint density at radius 1 is 1.47 bits per heavy atom. The highest BCUT2D eigenvalue weighted by atomic mass is 79.9. The van der Waals surface area contributed by atoms with E-state index in [1.54, 1.807) is 19.2 Å². The van der Waals surface area contributed by atoms with Gasteiger partial charge in [0.05, 0.1) is 0 Å². The third-order valence-electron chi connectivity index (χ3n) is 2.01. The average molecular weight is 313 g/mol. The quantitative estimate of drug-likeness (QED) is 0.894. The fourth-order valence-electron chi connectivity index (χ4n) is 1.28. The van der Waals surface area contributed by atoms with E-state index < -0.39 is 0 Å². The molecule has 0 aromatic carbocycles. The molecule has 2 N–H and O–H groups in total. The molecule has 0 atom stereocenters. The molecule has 0 aliphatic heterocycles. The standard InChI is InChI=1S/C11H9BrN2O2S/c1-6-4-8(15)10(11(16)14-6)17-9-3-2-7(12)5-13-9/h2-5H,1H3,(H2,14,15,16). The Hall–Kier alpha value is -1.27. The minimum Gasteiger partial charge on any atom is -0.506 e. The summed E-state index contributed by atoms with van der Waals surface area (Å²) in [6.45, 7) is 1.72. The van der Waals surface area contributed by atoms with E-state index in [1.807, 2.05) is 6.07 Å². The molecule has 0 spiro atoms. The van der Waals surface area contributed by atoms with Crippen molar-refractivity contribution in [2.45, 2.75) is 16.8 Å².